The minimum absolute atomic E-state index is 0.107. The fourth-order valence-corrected chi connectivity index (χ4v) is 2.39. The number of rotatable bonds is 5. The number of hydrogen-bond donors (Lipinski definition) is 2. The summed E-state index contributed by atoms with van der Waals surface area (Å²) in [5.41, 5.74) is 1.52. The molecule has 0 radical (unpaired) electrons. The highest BCUT2D eigenvalue weighted by molar-refractivity contribution is 5.97. The third-order valence-corrected chi connectivity index (χ3v) is 3.83. The molecule has 1 heterocycles. The first-order valence-electron chi connectivity index (χ1n) is 8.18. The SMILES string of the molecule is C[C@H](OC(=O)c1ccc(CO)cc1)C(=O)Nc1ccc2c(c1)OCCO2. The van der Waals surface area contributed by atoms with E-state index in [-0.39, 0.29) is 6.61 Å². The number of aliphatic hydroxyl groups is 1. The van der Waals surface area contributed by atoms with Crippen LogP contribution in [-0.2, 0) is 16.1 Å². The van der Waals surface area contributed by atoms with Crippen molar-refractivity contribution >= 4 is 17.6 Å². The van der Waals surface area contributed by atoms with E-state index in [1.165, 1.54) is 6.92 Å². The third kappa shape index (κ3) is 4.12. The summed E-state index contributed by atoms with van der Waals surface area (Å²) in [6, 6.07) is 11.4. The van der Waals surface area contributed by atoms with Crippen molar-refractivity contribution in [3.05, 3.63) is 53.6 Å². The van der Waals surface area contributed by atoms with Gasteiger partial charge in [0.05, 0.1) is 12.2 Å². The van der Waals surface area contributed by atoms with Crippen molar-refractivity contribution < 1.29 is 28.9 Å². The van der Waals surface area contributed by atoms with Gasteiger partial charge in [0, 0.05) is 11.8 Å². The standard InChI is InChI=1S/C19H19NO6/c1-12(26-19(23)14-4-2-13(11-21)3-5-14)18(22)20-15-6-7-16-17(10-15)25-9-8-24-16/h2-7,10,12,21H,8-9,11H2,1H3,(H,20,22)/t12-/m0/s1. The molecule has 7 nitrogen and oxygen atoms in total. The molecular formula is C19H19NO6. The van der Waals surface area contributed by atoms with Gasteiger partial charge in [-0.2, -0.15) is 0 Å². The molecule has 0 saturated heterocycles. The molecule has 0 spiro atoms. The van der Waals surface area contributed by atoms with Crippen LogP contribution in [0.2, 0.25) is 0 Å². The Kier molecular flexibility index (Phi) is 5.38. The van der Waals surface area contributed by atoms with Crippen molar-refractivity contribution in [1.82, 2.24) is 0 Å². The van der Waals surface area contributed by atoms with E-state index >= 15 is 0 Å². The normalized spacial score (nSPS) is 13.6. The number of nitrogens with one attached hydrogen (secondary N) is 1. The summed E-state index contributed by atoms with van der Waals surface area (Å²) < 4.78 is 16.1. The van der Waals surface area contributed by atoms with Crippen molar-refractivity contribution in [3.63, 3.8) is 0 Å². The molecule has 0 saturated carbocycles. The van der Waals surface area contributed by atoms with Crippen molar-refractivity contribution in [2.75, 3.05) is 18.5 Å². The van der Waals surface area contributed by atoms with Crippen LogP contribution in [0.15, 0.2) is 42.5 Å². The van der Waals surface area contributed by atoms with E-state index in [2.05, 4.69) is 5.32 Å². The molecule has 0 bridgehead atoms. The Morgan fingerprint density at radius 3 is 2.50 bits per heavy atom. The topological polar surface area (TPSA) is 94.1 Å². The van der Waals surface area contributed by atoms with Gasteiger partial charge in [0.25, 0.3) is 5.91 Å². The van der Waals surface area contributed by atoms with Crippen LogP contribution in [0, 0.1) is 0 Å². The Morgan fingerprint density at radius 1 is 1.12 bits per heavy atom. The Morgan fingerprint density at radius 2 is 1.81 bits per heavy atom. The summed E-state index contributed by atoms with van der Waals surface area (Å²) in [4.78, 5) is 24.4. The minimum atomic E-state index is -0.979. The zero-order valence-corrected chi connectivity index (χ0v) is 14.2. The fraction of sp³-hybridized carbons (Fsp3) is 0.263. The van der Waals surface area contributed by atoms with Crippen LogP contribution in [0.25, 0.3) is 0 Å². The maximum Gasteiger partial charge on any atom is 0.338 e. The first-order chi connectivity index (χ1) is 12.6. The zero-order chi connectivity index (χ0) is 18.5. The number of anilines is 1. The second-order valence-electron chi connectivity index (χ2n) is 5.75. The molecule has 2 aromatic carbocycles. The van der Waals surface area contributed by atoms with Crippen LogP contribution >= 0.6 is 0 Å². The highest BCUT2D eigenvalue weighted by Gasteiger charge is 2.20. The highest BCUT2D eigenvalue weighted by atomic mass is 16.6. The molecule has 2 aromatic rings. The first kappa shape index (κ1) is 17.8. The predicted octanol–water partition coefficient (Wildman–Crippen LogP) is 2.13. The monoisotopic (exact) mass is 357 g/mol. The Hall–Kier alpha value is -3.06. The molecule has 26 heavy (non-hydrogen) atoms. The van der Waals surface area contributed by atoms with Gasteiger partial charge in [0.15, 0.2) is 17.6 Å². The molecule has 0 fully saturated rings. The Labute approximate surface area is 150 Å². The van der Waals surface area contributed by atoms with E-state index in [0.29, 0.717) is 41.5 Å². The van der Waals surface area contributed by atoms with E-state index in [9.17, 15) is 9.59 Å². The number of hydrogen-bond acceptors (Lipinski definition) is 6. The third-order valence-electron chi connectivity index (χ3n) is 3.83. The molecule has 0 aromatic heterocycles. The van der Waals surface area contributed by atoms with Crippen LogP contribution in [0.4, 0.5) is 5.69 Å². The van der Waals surface area contributed by atoms with Crippen LogP contribution in [0.1, 0.15) is 22.8 Å². The number of amides is 1. The van der Waals surface area contributed by atoms with E-state index in [1.54, 1.807) is 42.5 Å². The first-order valence-corrected chi connectivity index (χ1v) is 8.18. The number of ether oxygens (including phenoxy) is 3. The average Bonchev–Trinajstić information content (AvgIpc) is 2.67. The molecule has 3 rings (SSSR count). The van der Waals surface area contributed by atoms with Crippen molar-refractivity contribution in [3.8, 4) is 11.5 Å². The van der Waals surface area contributed by atoms with Gasteiger partial charge in [-0.1, -0.05) is 12.1 Å². The Balaban J connectivity index is 1.59. The summed E-state index contributed by atoms with van der Waals surface area (Å²) in [6.07, 6.45) is -0.979. The number of carbonyl (C=O) groups excluding carboxylic acids is 2. The van der Waals surface area contributed by atoms with E-state index in [0.717, 1.165) is 0 Å². The lowest BCUT2D eigenvalue weighted by Crippen LogP contribution is -2.30. The number of carbonyl (C=O) groups is 2. The summed E-state index contributed by atoms with van der Waals surface area (Å²) in [5.74, 6) is 0.115. The molecule has 136 valence electrons. The lowest BCUT2D eigenvalue weighted by molar-refractivity contribution is -0.123. The maximum absolute atomic E-state index is 12.3. The number of esters is 1. The average molecular weight is 357 g/mol. The van der Waals surface area contributed by atoms with Gasteiger partial charge in [0.2, 0.25) is 0 Å². The summed E-state index contributed by atoms with van der Waals surface area (Å²) in [7, 11) is 0. The number of benzene rings is 2. The van der Waals surface area contributed by atoms with Gasteiger partial charge in [-0.05, 0) is 36.8 Å². The molecule has 0 aliphatic carbocycles. The summed E-state index contributed by atoms with van der Waals surface area (Å²) in [6.45, 7) is 2.33. The molecule has 1 atom stereocenters. The van der Waals surface area contributed by atoms with Gasteiger partial charge >= 0.3 is 5.97 Å². The van der Waals surface area contributed by atoms with Crippen LogP contribution in [0.5, 0.6) is 11.5 Å². The quantitative estimate of drug-likeness (QED) is 0.796. The van der Waals surface area contributed by atoms with Crippen molar-refractivity contribution in [2.45, 2.75) is 19.6 Å². The summed E-state index contributed by atoms with van der Waals surface area (Å²) >= 11 is 0. The van der Waals surface area contributed by atoms with E-state index in [4.69, 9.17) is 19.3 Å². The van der Waals surface area contributed by atoms with Gasteiger partial charge in [-0.25, -0.2) is 4.79 Å². The van der Waals surface area contributed by atoms with Crippen molar-refractivity contribution in [1.29, 1.82) is 0 Å². The van der Waals surface area contributed by atoms with Gasteiger partial charge in [0.1, 0.15) is 13.2 Å². The number of aliphatic hydroxyl groups excluding tert-OH is 1. The molecule has 1 aliphatic rings. The van der Waals surface area contributed by atoms with E-state index in [1.807, 2.05) is 0 Å². The van der Waals surface area contributed by atoms with Crippen LogP contribution < -0.4 is 14.8 Å². The molecule has 2 N–H and O–H groups in total. The second kappa shape index (κ2) is 7.88. The van der Waals surface area contributed by atoms with Crippen LogP contribution in [-0.4, -0.2) is 36.3 Å². The maximum atomic E-state index is 12.3. The molecular weight excluding hydrogens is 338 g/mol. The van der Waals surface area contributed by atoms with E-state index < -0.39 is 18.0 Å². The van der Waals surface area contributed by atoms with Crippen LogP contribution in [0.3, 0.4) is 0 Å². The predicted molar refractivity (Wildman–Crippen MR) is 93.3 cm³/mol. The highest BCUT2D eigenvalue weighted by Crippen LogP contribution is 2.32. The van der Waals surface area contributed by atoms with Gasteiger partial charge < -0.3 is 24.6 Å². The zero-order valence-electron chi connectivity index (χ0n) is 14.2. The fourth-order valence-electron chi connectivity index (χ4n) is 2.39. The molecule has 1 aliphatic heterocycles. The second-order valence-corrected chi connectivity index (χ2v) is 5.75. The van der Waals surface area contributed by atoms with Crippen molar-refractivity contribution in [2.24, 2.45) is 0 Å². The summed E-state index contributed by atoms with van der Waals surface area (Å²) in [5, 5.41) is 11.7. The lowest BCUT2D eigenvalue weighted by atomic mass is 10.1. The van der Waals surface area contributed by atoms with Gasteiger partial charge in [-0.3, -0.25) is 4.79 Å². The lowest BCUT2D eigenvalue weighted by Gasteiger charge is -2.19. The minimum Gasteiger partial charge on any atom is -0.486 e. The largest absolute Gasteiger partial charge is 0.486 e. The molecule has 0 unspecified atom stereocenters. The van der Waals surface area contributed by atoms with Gasteiger partial charge in [-0.15, -0.1) is 0 Å². The molecule has 1 amide bonds. The smallest absolute Gasteiger partial charge is 0.338 e. The Bertz CT molecular complexity index is 802. The number of fused-ring (bicyclic) bond motifs is 1. The molecule has 7 heteroatoms.